The zero-order valence-electron chi connectivity index (χ0n) is 10.3. The highest BCUT2D eigenvalue weighted by atomic mass is 32.1. The number of nitrogen functional groups attached to an aromatic ring is 1. The van der Waals surface area contributed by atoms with Crippen LogP contribution in [0.5, 0.6) is 0 Å². The van der Waals surface area contributed by atoms with Gasteiger partial charge < -0.3 is 11.1 Å². The normalized spacial score (nSPS) is 11.1. The molecular weight excluding hydrogens is 234 g/mol. The van der Waals surface area contributed by atoms with E-state index in [0.29, 0.717) is 5.92 Å². The van der Waals surface area contributed by atoms with E-state index in [1.165, 1.54) is 4.88 Å². The predicted molar refractivity (Wildman–Crippen MR) is 71.2 cm³/mol. The van der Waals surface area contributed by atoms with Crippen LogP contribution in [0.3, 0.4) is 0 Å². The molecular formula is C11H17N5S. The van der Waals surface area contributed by atoms with Crippen molar-refractivity contribution in [1.82, 2.24) is 14.8 Å². The summed E-state index contributed by atoms with van der Waals surface area (Å²) in [6.07, 6.45) is 1.85. The van der Waals surface area contributed by atoms with Gasteiger partial charge in [0.2, 0.25) is 0 Å². The number of rotatable bonds is 4. The first kappa shape index (κ1) is 11.9. The predicted octanol–water partition coefficient (Wildman–Crippen LogP) is 2.19. The van der Waals surface area contributed by atoms with Gasteiger partial charge >= 0.3 is 0 Å². The Morgan fingerprint density at radius 1 is 1.53 bits per heavy atom. The molecule has 0 aliphatic carbocycles. The number of nitrogens with two attached hydrogens (primary N) is 1. The van der Waals surface area contributed by atoms with Crippen LogP contribution in [-0.4, -0.2) is 14.8 Å². The molecule has 0 atom stereocenters. The molecule has 17 heavy (non-hydrogen) atoms. The summed E-state index contributed by atoms with van der Waals surface area (Å²) in [7, 11) is 1.90. The number of nitrogens with one attached hydrogen (secondary N) is 1. The minimum absolute atomic E-state index is 0.333. The van der Waals surface area contributed by atoms with Crippen molar-refractivity contribution >= 4 is 22.8 Å². The van der Waals surface area contributed by atoms with Crippen LogP contribution in [0.2, 0.25) is 0 Å². The summed E-state index contributed by atoms with van der Waals surface area (Å²) in [6.45, 7) is 4.91. The van der Waals surface area contributed by atoms with Crippen molar-refractivity contribution in [1.29, 1.82) is 0 Å². The Morgan fingerprint density at radius 3 is 2.82 bits per heavy atom. The van der Waals surface area contributed by atoms with Crippen LogP contribution in [0, 0.1) is 0 Å². The van der Waals surface area contributed by atoms with E-state index >= 15 is 0 Å². The molecule has 2 heterocycles. The number of hydrogen-bond donors (Lipinski definition) is 2. The second kappa shape index (κ2) is 4.75. The molecule has 0 unspecified atom stereocenters. The van der Waals surface area contributed by atoms with E-state index in [4.69, 9.17) is 5.73 Å². The van der Waals surface area contributed by atoms with E-state index in [1.807, 2.05) is 18.8 Å². The Bertz CT molecular complexity index is 486. The summed E-state index contributed by atoms with van der Waals surface area (Å²) in [5.41, 5.74) is 9.60. The topological polar surface area (TPSA) is 68.8 Å². The fourth-order valence-corrected chi connectivity index (χ4v) is 2.23. The van der Waals surface area contributed by atoms with Crippen molar-refractivity contribution in [2.75, 3.05) is 11.1 Å². The molecule has 0 amide bonds. The van der Waals surface area contributed by atoms with Gasteiger partial charge in [-0.2, -0.15) is 5.10 Å². The van der Waals surface area contributed by atoms with Gasteiger partial charge in [0.25, 0.3) is 0 Å². The van der Waals surface area contributed by atoms with Gasteiger partial charge in [-0.15, -0.1) is 11.3 Å². The van der Waals surface area contributed by atoms with Crippen LogP contribution < -0.4 is 11.1 Å². The smallest absolute Gasteiger partial charge is 0.148 e. The third-order valence-corrected chi connectivity index (χ3v) is 3.35. The molecule has 0 aromatic carbocycles. The molecule has 6 heteroatoms. The van der Waals surface area contributed by atoms with E-state index in [2.05, 4.69) is 29.2 Å². The molecule has 0 spiro atoms. The molecule has 0 aliphatic rings. The summed E-state index contributed by atoms with van der Waals surface area (Å²) >= 11 is 1.62. The second-order valence-corrected chi connectivity index (χ2v) is 5.22. The lowest BCUT2D eigenvalue weighted by atomic mass is 10.1. The molecule has 0 bridgehead atoms. The lowest BCUT2D eigenvalue weighted by molar-refractivity contribution is 0.715. The van der Waals surface area contributed by atoms with Gasteiger partial charge in [-0.05, 0) is 5.92 Å². The number of hydrogen-bond acceptors (Lipinski definition) is 5. The minimum atomic E-state index is 0.333. The summed E-state index contributed by atoms with van der Waals surface area (Å²) in [4.78, 5) is 5.22. The van der Waals surface area contributed by atoms with Crippen molar-refractivity contribution in [2.24, 2.45) is 7.05 Å². The summed E-state index contributed by atoms with van der Waals surface area (Å²) in [6, 6.07) is 0. The average Bonchev–Trinajstić information content (AvgIpc) is 2.86. The van der Waals surface area contributed by atoms with Crippen molar-refractivity contribution in [3.05, 3.63) is 22.3 Å². The van der Waals surface area contributed by atoms with Crippen LogP contribution in [0.4, 0.5) is 11.5 Å². The van der Waals surface area contributed by atoms with Crippen molar-refractivity contribution in [3.63, 3.8) is 0 Å². The first-order chi connectivity index (χ1) is 8.09. The first-order valence-corrected chi connectivity index (χ1v) is 6.41. The van der Waals surface area contributed by atoms with E-state index in [9.17, 15) is 0 Å². The van der Waals surface area contributed by atoms with E-state index < -0.39 is 0 Å². The lowest BCUT2D eigenvalue weighted by Gasteiger charge is -2.06. The first-order valence-electron chi connectivity index (χ1n) is 5.53. The van der Waals surface area contributed by atoms with Gasteiger partial charge in [0, 0.05) is 18.1 Å². The zero-order chi connectivity index (χ0) is 12.4. The second-order valence-electron chi connectivity index (χ2n) is 4.25. The van der Waals surface area contributed by atoms with Crippen LogP contribution in [0.1, 0.15) is 30.3 Å². The third kappa shape index (κ3) is 2.41. The SMILES string of the molecule is CC(C)c1nn(C)c(NCc2cncs2)c1N. The standard InChI is InChI=1S/C11H17N5S/c1-7(2)10-9(12)11(16(3)15-10)14-5-8-4-13-6-17-8/h4,6-7,14H,5,12H2,1-3H3. The van der Waals surface area contributed by atoms with Gasteiger partial charge in [0.15, 0.2) is 0 Å². The Morgan fingerprint density at radius 2 is 2.29 bits per heavy atom. The fraction of sp³-hybridized carbons (Fsp3) is 0.455. The maximum Gasteiger partial charge on any atom is 0.148 e. The highest BCUT2D eigenvalue weighted by Gasteiger charge is 2.15. The Hall–Kier alpha value is -1.56. The third-order valence-electron chi connectivity index (χ3n) is 2.57. The number of thiazole rings is 1. The highest BCUT2D eigenvalue weighted by Crippen LogP contribution is 2.28. The van der Waals surface area contributed by atoms with Crippen LogP contribution >= 0.6 is 11.3 Å². The van der Waals surface area contributed by atoms with Crippen LogP contribution in [-0.2, 0) is 13.6 Å². The number of nitrogens with zero attached hydrogens (tertiary/aromatic N) is 3. The van der Waals surface area contributed by atoms with Crippen LogP contribution in [0.25, 0.3) is 0 Å². The summed E-state index contributed by atoms with van der Waals surface area (Å²) in [5.74, 6) is 1.21. The van der Waals surface area contributed by atoms with E-state index in [-0.39, 0.29) is 0 Å². The Labute approximate surface area is 105 Å². The molecule has 2 aromatic heterocycles. The zero-order valence-corrected chi connectivity index (χ0v) is 11.1. The largest absolute Gasteiger partial charge is 0.394 e. The average molecular weight is 251 g/mol. The molecule has 0 saturated carbocycles. The van der Waals surface area contributed by atoms with Gasteiger partial charge in [0.1, 0.15) is 5.82 Å². The maximum absolute atomic E-state index is 6.09. The fourth-order valence-electron chi connectivity index (χ4n) is 1.70. The molecule has 0 aliphatic heterocycles. The number of aromatic nitrogens is 3. The molecule has 2 aromatic rings. The molecule has 0 saturated heterocycles. The van der Waals surface area contributed by atoms with Gasteiger partial charge in [0.05, 0.1) is 23.4 Å². The van der Waals surface area contributed by atoms with E-state index in [1.54, 1.807) is 16.0 Å². The maximum atomic E-state index is 6.09. The minimum Gasteiger partial charge on any atom is -0.394 e. The van der Waals surface area contributed by atoms with Gasteiger partial charge in [-0.25, -0.2) is 0 Å². The van der Waals surface area contributed by atoms with Gasteiger partial charge in [-0.1, -0.05) is 13.8 Å². The molecule has 0 fully saturated rings. The molecule has 0 radical (unpaired) electrons. The van der Waals surface area contributed by atoms with Crippen LogP contribution in [0.15, 0.2) is 11.7 Å². The van der Waals surface area contributed by atoms with Crippen molar-refractivity contribution in [3.8, 4) is 0 Å². The molecule has 2 rings (SSSR count). The van der Waals surface area contributed by atoms with Crippen molar-refractivity contribution < 1.29 is 0 Å². The molecule has 5 nitrogen and oxygen atoms in total. The van der Waals surface area contributed by atoms with E-state index in [0.717, 1.165) is 23.7 Å². The quantitative estimate of drug-likeness (QED) is 0.874. The summed E-state index contributed by atoms with van der Waals surface area (Å²) in [5, 5.41) is 7.73. The monoisotopic (exact) mass is 251 g/mol. The lowest BCUT2D eigenvalue weighted by Crippen LogP contribution is -2.05. The molecule has 92 valence electrons. The number of aryl methyl sites for hydroxylation is 1. The summed E-state index contributed by atoms with van der Waals surface area (Å²) < 4.78 is 1.80. The van der Waals surface area contributed by atoms with Gasteiger partial charge in [-0.3, -0.25) is 9.67 Å². The highest BCUT2D eigenvalue weighted by molar-refractivity contribution is 7.09. The Kier molecular flexibility index (Phi) is 3.33. The molecule has 3 N–H and O–H groups in total. The van der Waals surface area contributed by atoms with Crippen molar-refractivity contribution in [2.45, 2.75) is 26.3 Å². The Balaban J connectivity index is 2.15. The number of anilines is 2.